The number of halogens is 5. The van der Waals surface area contributed by atoms with Crippen molar-refractivity contribution in [2.24, 2.45) is 0 Å². The van der Waals surface area contributed by atoms with Crippen molar-refractivity contribution in [3.63, 3.8) is 0 Å². The summed E-state index contributed by atoms with van der Waals surface area (Å²) >= 11 is 12.3. The number of carboxylic acid groups (broad SMARTS) is 1. The van der Waals surface area contributed by atoms with Gasteiger partial charge in [0.25, 0.3) is 5.91 Å². The molecule has 0 aliphatic carbocycles. The van der Waals surface area contributed by atoms with Crippen LogP contribution >= 0.6 is 23.2 Å². The van der Waals surface area contributed by atoms with Crippen LogP contribution < -0.4 is 0 Å². The van der Waals surface area contributed by atoms with Gasteiger partial charge in [0.15, 0.2) is 0 Å². The first kappa shape index (κ1) is 35.4. The highest BCUT2D eigenvalue weighted by Crippen LogP contribution is 2.32. The number of sulfonamides is 1. The van der Waals surface area contributed by atoms with E-state index in [9.17, 15) is 26.4 Å². The number of furan rings is 1. The second-order valence-electron chi connectivity index (χ2n) is 10.0. The summed E-state index contributed by atoms with van der Waals surface area (Å²) in [6.45, 7) is 5.53. The minimum atomic E-state index is -5.08. The number of hydrogen-bond donors (Lipinski definition) is 1. The molecule has 0 radical (unpaired) electrons. The minimum absolute atomic E-state index is 0.0481. The highest BCUT2D eigenvalue weighted by atomic mass is 35.5. The zero-order valence-corrected chi connectivity index (χ0v) is 26.3. The van der Waals surface area contributed by atoms with Crippen molar-refractivity contribution in [1.29, 1.82) is 0 Å². The Bertz CT molecular complexity index is 1520. The molecule has 0 atom stereocenters. The molecule has 1 aliphatic heterocycles. The quantitative estimate of drug-likeness (QED) is 0.268. The van der Waals surface area contributed by atoms with Crippen LogP contribution in [-0.4, -0.2) is 72.4 Å². The van der Waals surface area contributed by atoms with E-state index in [0.29, 0.717) is 17.9 Å². The molecular weight excluding hydrogens is 646 g/mol. The molecule has 1 N–H and O–H groups in total. The van der Waals surface area contributed by atoms with Crippen LogP contribution in [0.4, 0.5) is 13.2 Å². The predicted octanol–water partition coefficient (Wildman–Crippen LogP) is 6.30. The first-order valence-corrected chi connectivity index (χ1v) is 15.7. The number of amides is 1. The van der Waals surface area contributed by atoms with Gasteiger partial charge < -0.3 is 14.4 Å². The summed E-state index contributed by atoms with van der Waals surface area (Å²) in [6.07, 6.45) is -1.19. The Kier molecular flexibility index (Phi) is 12.3. The van der Waals surface area contributed by atoms with Gasteiger partial charge in [0, 0.05) is 26.7 Å². The lowest BCUT2D eigenvalue weighted by Gasteiger charge is -2.20. The number of alkyl halides is 3. The molecule has 1 fully saturated rings. The van der Waals surface area contributed by atoms with Crippen LogP contribution in [0.3, 0.4) is 0 Å². The molecule has 240 valence electrons. The molecule has 1 saturated heterocycles. The van der Waals surface area contributed by atoms with Crippen molar-refractivity contribution >= 4 is 45.1 Å². The fourth-order valence-electron chi connectivity index (χ4n) is 4.49. The highest BCUT2D eigenvalue weighted by molar-refractivity contribution is 7.89. The number of carboxylic acids is 1. The van der Waals surface area contributed by atoms with Gasteiger partial charge in [-0.15, -0.1) is 0 Å². The number of carbonyl (C=O) groups is 2. The maximum atomic E-state index is 13.2. The fourth-order valence-corrected chi connectivity index (χ4v) is 7.00. The number of likely N-dealkylation sites (tertiary alicyclic amines) is 1. The normalized spacial score (nSPS) is 13.9. The van der Waals surface area contributed by atoms with Gasteiger partial charge in [-0.3, -0.25) is 9.69 Å². The number of hydrogen-bond acceptors (Lipinski definition) is 6. The molecule has 2 aromatic carbocycles. The SMILES string of the molecule is CCN(Cc1cc(C(=O)N(C)Cc2ccc(CN3CCCC3)cc2)co1)S(=O)(=O)c1c(Cl)cccc1Cl.O=C(O)C(F)(F)F. The summed E-state index contributed by atoms with van der Waals surface area (Å²) in [5.41, 5.74) is 2.66. The number of benzene rings is 2. The topological polar surface area (TPSA) is 111 Å². The van der Waals surface area contributed by atoms with Crippen LogP contribution in [0.25, 0.3) is 0 Å². The molecule has 4 rings (SSSR count). The second-order valence-corrected chi connectivity index (χ2v) is 12.7. The Hall–Kier alpha value is -3.10. The van der Waals surface area contributed by atoms with Crippen molar-refractivity contribution < 1.29 is 40.7 Å². The number of nitrogens with zero attached hydrogens (tertiary/aromatic N) is 3. The lowest BCUT2D eigenvalue weighted by Crippen LogP contribution is -2.30. The van der Waals surface area contributed by atoms with E-state index in [4.69, 9.17) is 37.5 Å². The molecular formula is C29H32Cl2F3N3O6S. The molecule has 0 bridgehead atoms. The van der Waals surface area contributed by atoms with Crippen molar-refractivity contribution in [3.05, 3.63) is 87.3 Å². The van der Waals surface area contributed by atoms with Gasteiger partial charge in [-0.1, -0.05) is 60.5 Å². The van der Waals surface area contributed by atoms with E-state index in [2.05, 4.69) is 29.2 Å². The summed E-state index contributed by atoms with van der Waals surface area (Å²) < 4.78 is 64.9. The summed E-state index contributed by atoms with van der Waals surface area (Å²) in [5, 5.41) is 7.22. The molecule has 0 unspecified atom stereocenters. The standard InChI is InChI=1S/C27H31Cl2N3O4S.C2HF3O2/c1-3-32(37(34,35)26-24(28)7-6-8-25(26)29)18-23-15-22(19-36-23)27(33)30(2)16-20-9-11-21(12-10-20)17-31-13-4-5-14-31;3-2(4,5)1(6)7/h6-12,15,19H,3-5,13-14,16-18H2,1-2H3;(H,6,7). The van der Waals surface area contributed by atoms with E-state index in [-0.39, 0.29) is 33.9 Å². The average molecular weight is 679 g/mol. The van der Waals surface area contributed by atoms with E-state index < -0.39 is 22.2 Å². The number of carbonyl (C=O) groups excluding carboxylic acids is 1. The van der Waals surface area contributed by atoms with Crippen LogP contribution in [0.2, 0.25) is 10.0 Å². The largest absolute Gasteiger partial charge is 0.490 e. The van der Waals surface area contributed by atoms with Gasteiger partial charge in [0.1, 0.15) is 16.9 Å². The first-order valence-electron chi connectivity index (χ1n) is 13.5. The Balaban J connectivity index is 0.000000676. The summed E-state index contributed by atoms with van der Waals surface area (Å²) in [6, 6.07) is 14.5. The van der Waals surface area contributed by atoms with Crippen molar-refractivity contribution in [3.8, 4) is 0 Å². The lowest BCUT2D eigenvalue weighted by molar-refractivity contribution is -0.192. The third-order valence-corrected chi connectivity index (χ3v) is 9.62. The predicted molar refractivity (Wildman–Crippen MR) is 159 cm³/mol. The zero-order chi connectivity index (χ0) is 32.7. The molecule has 3 aromatic rings. The van der Waals surface area contributed by atoms with E-state index in [1.54, 1.807) is 31.0 Å². The smallest absolute Gasteiger partial charge is 0.475 e. The van der Waals surface area contributed by atoms with Gasteiger partial charge in [-0.05, 0) is 55.3 Å². The van der Waals surface area contributed by atoms with Crippen molar-refractivity contribution in [2.45, 2.75) is 50.5 Å². The third-order valence-electron chi connectivity index (χ3n) is 6.74. The van der Waals surface area contributed by atoms with E-state index in [1.165, 1.54) is 41.1 Å². The van der Waals surface area contributed by atoms with Crippen molar-refractivity contribution in [1.82, 2.24) is 14.1 Å². The summed E-state index contributed by atoms with van der Waals surface area (Å²) in [7, 11) is -2.25. The molecule has 0 saturated carbocycles. The van der Waals surface area contributed by atoms with Gasteiger partial charge in [-0.25, -0.2) is 13.2 Å². The lowest BCUT2D eigenvalue weighted by atomic mass is 10.1. The fraction of sp³-hybridized carbons (Fsp3) is 0.379. The molecule has 15 heteroatoms. The van der Waals surface area contributed by atoms with E-state index in [0.717, 1.165) is 25.2 Å². The molecule has 1 aromatic heterocycles. The molecule has 9 nitrogen and oxygen atoms in total. The Morgan fingerprint density at radius 3 is 2.07 bits per heavy atom. The van der Waals surface area contributed by atoms with E-state index in [1.807, 2.05) is 0 Å². The minimum Gasteiger partial charge on any atom is -0.475 e. The molecule has 44 heavy (non-hydrogen) atoms. The maximum absolute atomic E-state index is 13.2. The number of aliphatic carboxylic acids is 1. The average Bonchev–Trinajstić information content (AvgIpc) is 3.64. The van der Waals surface area contributed by atoms with Gasteiger partial charge in [0.05, 0.1) is 22.2 Å². The Labute approximate surface area is 263 Å². The Morgan fingerprint density at radius 2 is 1.55 bits per heavy atom. The third kappa shape index (κ3) is 9.45. The van der Waals surface area contributed by atoms with Gasteiger partial charge in [0.2, 0.25) is 10.0 Å². The van der Waals surface area contributed by atoms with Crippen molar-refractivity contribution in [2.75, 3.05) is 26.7 Å². The molecule has 0 spiro atoms. The zero-order valence-electron chi connectivity index (χ0n) is 24.0. The Morgan fingerprint density at radius 1 is 1.00 bits per heavy atom. The highest BCUT2D eigenvalue weighted by Gasteiger charge is 2.38. The van der Waals surface area contributed by atoms with Crippen LogP contribution in [-0.2, 0) is 34.5 Å². The molecule has 1 amide bonds. The maximum Gasteiger partial charge on any atom is 0.490 e. The van der Waals surface area contributed by atoms with Crippen LogP contribution in [0.1, 0.15) is 47.0 Å². The van der Waals surface area contributed by atoms with Crippen LogP contribution in [0.15, 0.2) is 64.1 Å². The summed E-state index contributed by atoms with van der Waals surface area (Å²) in [5.74, 6) is -2.62. The van der Waals surface area contributed by atoms with Crippen LogP contribution in [0.5, 0.6) is 0 Å². The van der Waals surface area contributed by atoms with Gasteiger partial charge >= 0.3 is 12.1 Å². The van der Waals surface area contributed by atoms with E-state index >= 15 is 0 Å². The second kappa shape index (κ2) is 15.3. The monoisotopic (exact) mass is 677 g/mol. The van der Waals surface area contributed by atoms with Gasteiger partial charge in [-0.2, -0.15) is 17.5 Å². The number of rotatable bonds is 10. The molecule has 2 heterocycles. The molecule has 1 aliphatic rings. The summed E-state index contributed by atoms with van der Waals surface area (Å²) in [4.78, 5) is 25.8. The van der Waals surface area contributed by atoms with Crippen LogP contribution in [0, 0.1) is 0 Å². The first-order chi connectivity index (χ1) is 20.6.